The number of alkyl halides is 6. The van der Waals surface area contributed by atoms with Crippen LogP contribution < -0.4 is 0 Å². The molecule has 0 amide bonds. The second-order valence-corrected chi connectivity index (χ2v) is 6.98. The van der Waals surface area contributed by atoms with Crippen molar-refractivity contribution < 1.29 is 31.1 Å². The van der Waals surface area contributed by atoms with Crippen LogP contribution in [0.5, 0.6) is 0 Å². The molecule has 0 N–H and O–H groups in total. The van der Waals surface area contributed by atoms with Gasteiger partial charge in [0.15, 0.2) is 0 Å². The predicted octanol–water partition coefficient (Wildman–Crippen LogP) is 6.71. The summed E-state index contributed by atoms with van der Waals surface area (Å²) in [6.07, 6.45) is -7.32. The Morgan fingerprint density at radius 2 is 1.41 bits per heavy atom. The molecule has 0 aliphatic heterocycles. The second kappa shape index (κ2) is 9.52. The van der Waals surface area contributed by atoms with E-state index in [0.29, 0.717) is 36.0 Å². The molecule has 3 aromatic rings. The third-order valence-corrected chi connectivity index (χ3v) is 4.33. The predicted molar refractivity (Wildman–Crippen MR) is 107 cm³/mol. The first-order valence-corrected chi connectivity index (χ1v) is 9.44. The van der Waals surface area contributed by atoms with E-state index in [9.17, 15) is 26.3 Å². The standard InChI is InChI=1S/C23H18F6N2O/c1-15-30-20(12-21(31-15)14-32-13-16-5-3-2-4-6-16)8-7-17-9-18(22(24,25)26)11-19(10-17)23(27,28)29/h2-12H,13-14H2,1H3/b8-7+. The van der Waals surface area contributed by atoms with Crippen LogP contribution in [0, 0.1) is 6.92 Å². The quantitative estimate of drug-likeness (QED) is 0.390. The Morgan fingerprint density at radius 3 is 2.00 bits per heavy atom. The van der Waals surface area contributed by atoms with Crippen molar-refractivity contribution in [3.05, 3.63) is 94.1 Å². The fourth-order valence-corrected chi connectivity index (χ4v) is 2.92. The molecular formula is C23H18F6N2O. The fraction of sp³-hybridized carbons (Fsp3) is 0.217. The second-order valence-electron chi connectivity index (χ2n) is 6.98. The first-order valence-electron chi connectivity index (χ1n) is 9.44. The van der Waals surface area contributed by atoms with Crippen molar-refractivity contribution in [3.8, 4) is 0 Å². The highest BCUT2D eigenvalue weighted by Gasteiger charge is 2.36. The van der Waals surface area contributed by atoms with E-state index in [0.717, 1.165) is 11.6 Å². The van der Waals surface area contributed by atoms with Gasteiger partial charge in [-0.15, -0.1) is 0 Å². The molecule has 0 unspecified atom stereocenters. The van der Waals surface area contributed by atoms with Crippen molar-refractivity contribution in [2.24, 2.45) is 0 Å². The highest BCUT2D eigenvalue weighted by molar-refractivity contribution is 5.69. The molecular weight excluding hydrogens is 434 g/mol. The van der Waals surface area contributed by atoms with Crippen molar-refractivity contribution in [3.63, 3.8) is 0 Å². The Morgan fingerprint density at radius 1 is 0.781 bits per heavy atom. The summed E-state index contributed by atoms with van der Waals surface area (Å²) in [4.78, 5) is 8.40. The van der Waals surface area contributed by atoms with Crippen molar-refractivity contribution in [2.45, 2.75) is 32.5 Å². The van der Waals surface area contributed by atoms with Crippen molar-refractivity contribution in [1.29, 1.82) is 0 Å². The van der Waals surface area contributed by atoms with Crippen molar-refractivity contribution in [2.75, 3.05) is 0 Å². The van der Waals surface area contributed by atoms with Crippen LogP contribution in [0.25, 0.3) is 12.2 Å². The molecule has 0 aliphatic rings. The van der Waals surface area contributed by atoms with E-state index in [1.807, 2.05) is 30.3 Å². The first kappa shape index (κ1) is 23.5. The summed E-state index contributed by atoms with van der Waals surface area (Å²) in [5, 5.41) is 0. The molecule has 9 heteroatoms. The summed E-state index contributed by atoms with van der Waals surface area (Å²) in [6, 6.07) is 12.4. The van der Waals surface area contributed by atoms with Gasteiger partial charge in [0.05, 0.1) is 35.7 Å². The lowest BCUT2D eigenvalue weighted by atomic mass is 10.0. The van der Waals surface area contributed by atoms with E-state index in [1.165, 1.54) is 6.08 Å². The van der Waals surface area contributed by atoms with Gasteiger partial charge in [-0.1, -0.05) is 36.4 Å². The highest BCUT2D eigenvalue weighted by Crippen LogP contribution is 2.36. The molecule has 0 saturated heterocycles. The van der Waals surface area contributed by atoms with Crippen LogP contribution in [0.4, 0.5) is 26.3 Å². The Hall–Kier alpha value is -3.20. The number of rotatable bonds is 6. The van der Waals surface area contributed by atoms with Crippen LogP contribution in [0.3, 0.4) is 0 Å². The lowest BCUT2D eigenvalue weighted by Crippen LogP contribution is -2.11. The van der Waals surface area contributed by atoms with Crippen LogP contribution >= 0.6 is 0 Å². The highest BCUT2D eigenvalue weighted by atomic mass is 19.4. The molecule has 0 bridgehead atoms. The van der Waals surface area contributed by atoms with Gasteiger partial charge in [-0.25, -0.2) is 9.97 Å². The fourth-order valence-electron chi connectivity index (χ4n) is 2.92. The van der Waals surface area contributed by atoms with Crippen LogP contribution in [0.15, 0.2) is 54.6 Å². The minimum Gasteiger partial charge on any atom is -0.370 e. The molecule has 0 atom stereocenters. The van der Waals surface area contributed by atoms with E-state index in [4.69, 9.17) is 4.74 Å². The molecule has 1 aromatic heterocycles. The molecule has 2 aromatic carbocycles. The Labute approximate surface area is 180 Å². The van der Waals surface area contributed by atoms with Gasteiger partial charge in [-0.2, -0.15) is 26.3 Å². The average Bonchev–Trinajstić information content (AvgIpc) is 2.71. The van der Waals surface area contributed by atoms with Crippen LogP contribution in [-0.2, 0) is 30.3 Å². The minimum absolute atomic E-state index is 0.0916. The molecule has 3 rings (SSSR count). The van der Waals surface area contributed by atoms with Crippen LogP contribution in [-0.4, -0.2) is 9.97 Å². The van der Waals surface area contributed by atoms with Gasteiger partial charge >= 0.3 is 12.4 Å². The maximum atomic E-state index is 13.0. The zero-order chi connectivity index (χ0) is 23.4. The Kier molecular flexibility index (Phi) is 6.98. The van der Waals surface area contributed by atoms with Gasteiger partial charge in [0, 0.05) is 0 Å². The number of benzene rings is 2. The van der Waals surface area contributed by atoms with E-state index in [2.05, 4.69) is 9.97 Å². The van der Waals surface area contributed by atoms with Crippen LogP contribution in [0.1, 0.15) is 39.5 Å². The number of hydrogen-bond donors (Lipinski definition) is 0. The largest absolute Gasteiger partial charge is 0.416 e. The van der Waals surface area contributed by atoms with Crippen LogP contribution in [0.2, 0.25) is 0 Å². The van der Waals surface area contributed by atoms with Gasteiger partial charge in [0.2, 0.25) is 0 Å². The minimum atomic E-state index is -4.90. The maximum absolute atomic E-state index is 13.0. The van der Waals surface area contributed by atoms with Crippen molar-refractivity contribution in [1.82, 2.24) is 9.97 Å². The van der Waals surface area contributed by atoms with Crippen molar-refractivity contribution >= 4 is 12.2 Å². The number of aromatic nitrogens is 2. The summed E-state index contributed by atoms with van der Waals surface area (Å²) >= 11 is 0. The lowest BCUT2D eigenvalue weighted by molar-refractivity contribution is -0.143. The molecule has 0 aliphatic carbocycles. The van der Waals surface area contributed by atoms with Gasteiger partial charge in [0.1, 0.15) is 5.82 Å². The summed E-state index contributed by atoms with van der Waals surface area (Å²) in [7, 11) is 0. The molecule has 32 heavy (non-hydrogen) atoms. The Bertz CT molecular complexity index is 1060. The first-order chi connectivity index (χ1) is 15.0. The number of aryl methyl sites for hydroxylation is 1. The van der Waals surface area contributed by atoms with E-state index in [-0.39, 0.29) is 18.2 Å². The lowest BCUT2D eigenvalue weighted by Gasteiger charge is -2.13. The third kappa shape index (κ3) is 6.65. The summed E-state index contributed by atoms with van der Waals surface area (Å²) in [5.74, 6) is 0.394. The molecule has 0 spiro atoms. The van der Waals surface area contributed by atoms with E-state index >= 15 is 0 Å². The zero-order valence-corrected chi connectivity index (χ0v) is 16.8. The maximum Gasteiger partial charge on any atom is 0.416 e. The topological polar surface area (TPSA) is 35.0 Å². The SMILES string of the molecule is Cc1nc(/C=C/c2cc(C(F)(F)F)cc(C(F)(F)F)c2)cc(COCc2ccccc2)n1. The number of ether oxygens (including phenoxy) is 1. The van der Waals surface area contributed by atoms with Gasteiger partial charge in [-0.3, -0.25) is 0 Å². The molecule has 0 radical (unpaired) electrons. The summed E-state index contributed by atoms with van der Waals surface area (Å²) < 4.78 is 83.7. The summed E-state index contributed by atoms with van der Waals surface area (Å²) in [6.45, 7) is 2.16. The van der Waals surface area contributed by atoms with Gasteiger partial charge in [0.25, 0.3) is 0 Å². The van der Waals surface area contributed by atoms with Gasteiger partial charge in [-0.05, 0) is 48.4 Å². The van der Waals surface area contributed by atoms with Gasteiger partial charge < -0.3 is 4.74 Å². The Balaban J connectivity index is 1.80. The van der Waals surface area contributed by atoms with E-state index in [1.54, 1.807) is 13.0 Å². The normalized spacial score (nSPS) is 12.5. The monoisotopic (exact) mass is 452 g/mol. The zero-order valence-electron chi connectivity index (χ0n) is 16.8. The smallest absolute Gasteiger partial charge is 0.370 e. The molecule has 0 saturated carbocycles. The average molecular weight is 452 g/mol. The number of halogens is 6. The number of nitrogens with zero attached hydrogens (tertiary/aromatic N) is 2. The van der Waals surface area contributed by atoms with E-state index < -0.39 is 23.5 Å². The molecule has 3 nitrogen and oxygen atoms in total. The third-order valence-electron chi connectivity index (χ3n) is 4.33. The number of hydrogen-bond acceptors (Lipinski definition) is 3. The molecule has 0 fully saturated rings. The molecule has 1 heterocycles. The molecule has 168 valence electrons. The summed E-state index contributed by atoms with van der Waals surface area (Å²) in [5.41, 5.74) is -1.15.